The Morgan fingerprint density at radius 1 is 1.12 bits per heavy atom. The quantitative estimate of drug-likeness (QED) is 0.781. The molecule has 0 bridgehead atoms. The van der Waals surface area contributed by atoms with E-state index in [1.54, 1.807) is 4.99 Å². The Hall–Kier alpha value is -1.42. The minimum absolute atomic E-state index is 0.139. The summed E-state index contributed by atoms with van der Waals surface area (Å²) in [5.74, 6) is -0.279. The highest BCUT2D eigenvalue weighted by Crippen LogP contribution is 2.26. The predicted octanol–water partition coefficient (Wildman–Crippen LogP) is 2.53. The van der Waals surface area contributed by atoms with Gasteiger partial charge in [-0.25, -0.2) is 4.90 Å². The number of rotatable bonds is 2. The highest BCUT2D eigenvalue weighted by atomic mass is 79.9. The van der Waals surface area contributed by atoms with Gasteiger partial charge in [0.15, 0.2) is 0 Å². The zero-order chi connectivity index (χ0) is 11.5. The summed E-state index contributed by atoms with van der Waals surface area (Å²) in [4.78, 5) is 26.1. The first-order valence-corrected chi connectivity index (χ1v) is 5.87. The molecule has 0 aliphatic carbocycles. The van der Waals surface area contributed by atoms with E-state index in [2.05, 4.69) is 15.9 Å². The number of hydrogen-bond donors (Lipinski definition) is 0. The summed E-state index contributed by atoms with van der Waals surface area (Å²) in [6.07, 6.45) is 0.603. The van der Waals surface area contributed by atoms with Crippen LogP contribution in [0.15, 0.2) is 35.3 Å². The summed E-state index contributed by atoms with van der Waals surface area (Å²) in [5, 5.41) is 0. The van der Waals surface area contributed by atoms with Crippen molar-refractivity contribution in [3.8, 4) is 0 Å². The SMILES string of the molecule is O=C1CCC(=O)N1/C(=C\Br)c1ccccc1. The molecule has 0 radical (unpaired) electrons. The molecule has 0 aromatic heterocycles. The second kappa shape index (κ2) is 4.61. The highest BCUT2D eigenvalue weighted by molar-refractivity contribution is 9.11. The molecule has 0 atom stereocenters. The van der Waals surface area contributed by atoms with Crippen LogP contribution in [0.25, 0.3) is 5.70 Å². The summed E-state index contributed by atoms with van der Waals surface area (Å²) < 4.78 is 0. The number of hydrogen-bond acceptors (Lipinski definition) is 2. The van der Waals surface area contributed by atoms with Gasteiger partial charge >= 0.3 is 0 Å². The lowest BCUT2D eigenvalue weighted by molar-refractivity contribution is -0.134. The molecule has 1 aromatic rings. The van der Waals surface area contributed by atoms with Gasteiger partial charge in [-0.2, -0.15) is 0 Å². The second-order valence-corrected chi connectivity index (χ2v) is 3.94. The Morgan fingerprint density at radius 3 is 2.19 bits per heavy atom. The monoisotopic (exact) mass is 279 g/mol. The average Bonchev–Trinajstić information content (AvgIpc) is 2.63. The van der Waals surface area contributed by atoms with E-state index in [-0.39, 0.29) is 11.8 Å². The van der Waals surface area contributed by atoms with Crippen LogP contribution in [0, 0.1) is 0 Å². The van der Waals surface area contributed by atoms with Gasteiger partial charge in [0.25, 0.3) is 0 Å². The largest absolute Gasteiger partial charge is 0.274 e. The van der Waals surface area contributed by atoms with Crippen molar-refractivity contribution in [3.05, 3.63) is 40.9 Å². The highest BCUT2D eigenvalue weighted by Gasteiger charge is 2.32. The molecule has 3 nitrogen and oxygen atoms in total. The first-order chi connectivity index (χ1) is 7.74. The van der Waals surface area contributed by atoms with Gasteiger partial charge in [-0.05, 0) is 5.56 Å². The first-order valence-electron chi connectivity index (χ1n) is 4.95. The summed E-state index contributed by atoms with van der Waals surface area (Å²) in [6, 6.07) is 9.37. The van der Waals surface area contributed by atoms with Crippen LogP contribution in [-0.2, 0) is 9.59 Å². The Balaban J connectivity index is 2.38. The molecule has 1 aliphatic heterocycles. The maximum absolute atomic E-state index is 11.6. The molecule has 0 saturated carbocycles. The number of carbonyl (C=O) groups is 2. The van der Waals surface area contributed by atoms with Crippen molar-refractivity contribution in [1.82, 2.24) is 4.90 Å². The van der Waals surface area contributed by atoms with E-state index >= 15 is 0 Å². The smallest absolute Gasteiger partial charge is 0.234 e. The molecular weight excluding hydrogens is 270 g/mol. The van der Waals surface area contributed by atoms with Gasteiger partial charge < -0.3 is 0 Å². The number of likely N-dealkylation sites (tertiary alicyclic amines) is 1. The van der Waals surface area contributed by atoms with Crippen LogP contribution in [0.4, 0.5) is 0 Å². The molecule has 1 saturated heterocycles. The van der Waals surface area contributed by atoms with Gasteiger partial charge in [0.05, 0.1) is 5.70 Å². The van der Waals surface area contributed by atoms with E-state index < -0.39 is 0 Å². The topological polar surface area (TPSA) is 37.4 Å². The maximum Gasteiger partial charge on any atom is 0.234 e. The molecule has 16 heavy (non-hydrogen) atoms. The third-order valence-corrected chi connectivity index (χ3v) is 2.90. The van der Waals surface area contributed by atoms with Gasteiger partial charge in [-0.15, -0.1) is 0 Å². The molecule has 82 valence electrons. The van der Waals surface area contributed by atoms with Gasteiger partial charge in [-0.1, -0.05) is 46.3 Å². The Bertz CT molecular complexity index is 437. The number of carbonyl (C=O) groups excluding carboxylic acids is 2. The van der Waals surface area contributed by atoms with Crippen molar-refractivity contribution in [2.45, 2.75) is 12.8 Å². The second-order valence-electron chi connectivity index (χ2n) is 3.48. The molecule has 4 heteroatoms. The predicted molar refractivity (Wildman–Crippen MR) is 64.4 cm³/mol. The van der Waals surface area contributed by atoms with Crippen LogP contribution in [-0.4, -0.2) is 16.7 Å². The fourth-order valence-electron chi connectivity index (χ4n) is 1.70. The van der Waals surface area contributed by atoms with Gasteiger partial charge in [0.1, 0.15) is 0 Å². The van der Waals surface area contributed by atoms with Crippen LogP contribution in [0.1, 0.15) is 18.4 Å². The summed E-state index contributed by atoms with van der Waals surface area (Å²) in [7, 11) is 0. The number of halogens is 1. The summed E-state index contributed by atoms with van der Waals surface area (Å²) in [5.41, 5.74) is 1.45. The van der Waals surface area contributed by atoms with Crippen molar-refractivity contribution in [3.63, 3.8) is 0 Å². The maximum atomic E-state index is 11.6. The molecule has 2 rings (SSSR count). The normalized spacial score (nSPS) is 17.1. The number of imide groups is 1. The molecule has 0 N–H and O–H groups in total. The third-order valence-electron chi connectivity index (χ3n) is 2.47. The number of amides is 2. The van der Waals surface area contributed by atoms with Crippen LogP contribution in [0.5, 0.6) is 0 Å². The van der Waals surface area contributed by atoms with Crippen LogP contribution < -0.4 is 0 Å². The molecule has 0 unspecified atom stereocenters. The van der Waals surface area contributed by atoms with Crippen molar-refractivity contribution in [1.29, 1.82) is 0 Å². The molecule has 1 fully saturated rings. The van der Waals surface area contributed by atoms with E-state index in [1.807, 2.05) is 30.3 Å². The van der Waals surface area contributed by atoms with Crippen LogP contribution in [0.2, 0.25) is 0 Å². The van der Waals surface area contributed by atoms with Crippen LogP contribution in [0.3, 0.4) is 0 Å². The van der Waals surface area contributed by atoms with Gasteiger partial charge in [0, 0.05) is 17.8 Å². The molecular formula is C12H10BrNO2. The van der Waals surface area contributed by atoms with E-state index in [0.29, 0.717) is 18.5 Å². The number of nitrogens with zero attached hydrogens (tertiary/aromatic N) is 1. The standard InChI is InChI=1S/C12H10BrNO2/c13-8-10(9-4-2-1-3-5-9)14-11(15)6-7-12(14)16/h1-5,8H,6-7H2/b10-8-. The lowest BCUT2D eigenvalue weighted by atomic mass is 10.1. The van der Waals surface area contributed by atoms with Crippen molar-refractivity contribution >= 4 is 33.4 Å². The van der Waals surface area contributed by atoms with E-state index in [9.17, 15) is 9.59 Å². The minimum atomic E-state index is -0.139. The molecule has 1 aliphatic rings. The van der Waals surface area contributed by atoms with Gasteiger partial charge in [-0.3, -0.25) is 9.59 Å². The van der Waals surface area contributed by atoms with Crippen LogP contribution >= 0.6 is 15.9 Å². The molecule has 0 spiro atoms. The Labute approximate surface area is 102 Å². The lowest BCUT2D eigenvalue weighted by Gasteiger charge is -2.17. The van der Waals surface area contributed by atoms with Gasteiger partial charge in [0.2, 0.25) is 11.8 Å². The molecule has 2 amide bonds. The zero-order valence-corrected chi connectivity index (χ0v) is 10.1. The van der Waals surface area contributed by atoms with E-state index in [4.69, 9.17) is 0 Å². The first kappa shape index (κ1) is 11.1. The summed E-state index contributed by atoms with van der Waals surface area (Å²) in [6.45, 7) is 0. The lowest BCUT2D eigenvalue weighted by Crippen LogP contribution is -2.27. The third kappa shape index (κ3) is 1.93. The van der Waals surface area contributed by atoms with E-state index in [0.717, 1.165) is 5.56 Å². The summed E-state index contributed by atoms with van der Waals surface area (Å²) >= 11 is 3.21. The zero-order valence-electron chi connectivity index (χ0n) is 8.52. The minimum Gasteiger partial charge on any atom is -0.274 e. The molecule has 1 aromatic carbocycles. The number of benzene rings is 1. The van der Waals surface area contributed by atoms with Crippen molar-refractivity contribution in [2.75, 3.05) is 0 Å². The van der Waals surface area contributed by atoms with Crippen molar-refractivity contribution < 1.29 is 9.59 Å². The van der Waals surface area contributed by atoms with Crippen molar-refractivity contribution in [2.24, 2.45) is 0 Å². The Kier molecular flexibility index (Phi) is 3.19. The average molecular weight is 280 g/mol. The van der Waals surface area contributed by atoms with E-state index in [1.165, 1.54) is 4.90 Å². The Morgan fingerprint density at radius 2 is 1.69 bits per heavy atom. The fraction of sp³-hybridized carbons (Fsp3) is 0.167. The molecule has 1 heterocycles. The fourth-order valence-corrected chi connectivity index (χ4v) is 2.16.